The molecular weight excluding hydrogens is 304 g/mol. The van der Waals surface area contributed by atoms with E-state index in [0.717, 1.165) is 0 Å². The monoisotopic (exact) mass is 311 g/mol. The van der Waals surface area contributed by atoms with Gasteiger partial charge in [0.25, 0.3) is 6.47 Å². The number of ether oxygens (including phenoxy) is 2. The van der Waals surface area contributed by atoms with Crippen LogP contribution in [0.2, 0.25) is 0 Å². The second kappa shape index (κ2) is 6.78. The normalized spacial score (nSPS) is 12.6. The molecule has 0 N–H and O–H groups in total. The first kappa shape index (κ1) is 15.0. The van der Waals surface area contributed by atoms with E-state index in [4.69, 9.17) is 39.5 Å². The van der Waals surface area contributed by atoms with Crippen LogP contribution >= 0.6 is 34.8 Å². The number of aromatic nitrogens is 1. The lowest BCUT2D eigenvalue weighted by Gasteiger charge is -2.16. The number of hydrogen-bond acceptors (Lipinski definition) is 5. The van der Waals surface area contributed by atoms with Crippen LogP contribution in [0, 0.1) is 0 Å². The second-order valence-corrected chi connectivity index (χ2v) is 5.61. The van der Waals surface area contributed by atoms with Gasteiger partial charge in [-0.1, -0.05) is 40.9 Å². The van der Waals surface area contributed by atoms with Crippen molar-refractivity contribution in [2.75, 3.05) is 6.61 Å². The Balaban J connectivity index is 2.73. The highest BCUT2D eigenvalue weighted by atomic mass is 35.6. The van der Waals surface area contributed by atoms with Gasteiger partial charge in [0.1, 0.15) is 6.61 Å². The molecule has 1 aromatic rings. The van der Waals surface area contributed by atoms with Crippen LogP contribution in [-0.4, -0.2) is 27.8 Å². The third kappa shape index (κ3) is 5.08. The highest BCUT2D eigenvalue weighted by Gasteiger charge is 2.29. The van der Waals surface area contributed by atoms with E-state index in [1.807, 2.05) is 0 Å². The summed E-state index contributed by atoms with van der Waals surface area (Å²) >= 11 is 16.3. The fourth-order valence-corrected chi connectivity index (χ4v) is 1.22. The number of hydrogen-bond donors (Lipinski definition) is 0. The Morgan fingerprint density at radius 1 is 1.44 bits per heavy atom. The van der Waals surface area contributed by atoms with Crippen molar-refractivity contribution in [3.63, 3.8) is 0 Å². The molecule has 0 spiro atoms. The van der Waals surface area contributed by atoms with Crippen molar-refractivity contribution in [2.45, 2.75) is 9.90 Å². The van der Waals surface area contributed by atoms with Crippen LogP contribution in [0.4, 0.5) is 0 Å². The Bertz CT molecular complexity index is 407. The summed E-state index contributed by atoms with van der Waals surface area (Å²) in [5.74, 6) is -0.868. The molecule has 0 aliphatic heterocycles. The molecule has 0 saturated heterocycles. The zero-order valence-corrected chi connectivity index (χ0v) is 11.2. The molecule has 0 radical (unpaired) electrons. The van der Waals surface area contributed by atoms with Crippen molar-refractivity contribution in [3.8, 4) is 0 Å². The maximum Gasteiger partial charge on any atom is 0.354 e. The van der Waals surface area contributed by atoms with Gasteiger partial charge < -0.3 is 9.47 Å². The van der Waals surface area contributed by atoms with Gasteiger partial charge in [0.05, 0.1) is 5.69 Å². The van der Waals surface area contributed by atoms with Crippen molar-refractivity contribution in [1.82, 2.24) is 4.98 Å². The largest absolute Gasteiger partial charge is 0.458 e. The lowest BCUT2D eigenvalue weighted by molar-refractivity contribution is -0.162. The van der Waals surface area contributed by atoms with Crippen LogP contribution < -0.4 is 0 Å². The summed E-state index contributed by atoms with van der Waals surface area (Å²) in [5, 5.41) is 0. The summed E-state index contributed by atoms with van der Waals surface area (Å²) in [6.07, 6.45) is 0.162. The van der Waals surface area contributed by atoms with Gasteiger partial charge in [-0.3, -0.25) is 9.78 Å². The van der Waals surface area contributed by atoms with Crippen molar-refractivity contribution < 1.29 is 19.1 Å². The summed E-state index contributed by atoms with van der Waals surface area (Å²) in [7, 11) is 0. The molecule has 1 aromatic heterocycles. The third-order valence-corrected chi connectivity index (χ3v) is 2.07. The number of halogens is 3. The molecule has 18 heavy (non-hydrogen) atoms. The molecule has 8 heteroatoms. The number of rotatable bonds is 5. The van der Waals surface area contributed by atoms with E-state index in [0.29, 0.717) is 0 Å². The maximum absolute atomic E-state index is 11.7. The van der Waals surface area contributed by atoms with E-state index >= 15 is 0 Å². The minimum atomic E-state index is -1.73. The minimum Gasteiger partial charge on any atom is -0.458 e. The quantitative estimate of drug-likeness (QED) is 0.474. The average Bonchev–Trinajstić information content (AvgIpc) is 2.33. The van der Waals surface area contributed by atoms with Crippen molar-refractivity contribution >= 4 is 47.2 Å². The minimum absolute atomic E-state index is 0.121. The SMILES string of the molecule is O=COC(C(=O)OCC(Cl)(Cl)Cl)c1ccccn1. The van der Waals surface area contributed by atoms with E-state index in [-0.39, 0.29) is 12.2 Å². The van der Waals surface area contributed by atoms with Crippen LogP contribution in [0.1, 0.15) is 11.8 Å². The first-order chi connectivity index (χ1) is 8.44. The molecule has 0 aliphatic carbocycles. The highest BCUT2D eigenvalue weighted by molar-refractivity contribution is 6.67. The zero-order chi connectivity index (χ0) is 13.6. The van der Waals surface area contributed by atoms with Gasteiger partial charge >= 0.3 is 5.97 Å². The molecule has 0 fully saturated rings. The Morgan fingerprint density at radius 3 is 2.67 bits per heavy atom. The first-order valence-corrected chi connectivity index (χ1v) is 5.81. The van der Waals surface area contributed by atoms with E-state index in [9.17, 15) is 9.59 Å². The number of carbonyl (C=O) groups is 2. The summed E-state index contributed by atoms with van der Waals surface area (Å²) in [6, 6.07) is 4.78. The first-order valence-electron chi connectivity index (χ1n) is 4.67. The average molecular weight is 313 g/mol. The summed E-state index contributed by atoms with van der Waals surface area (Å²) in [5.41, 5.74) is 0.221. The summed E-state index contributed by atoms with van der Waals surface area (Å²) < 4.78 is 7.59. The zero-order valence-electron chi connectivity index (χ0n) is 8.89. The van der Waals surface area contributed by atoms with Crippen LogP contribution in [-0.2, 0) is 19.1 Å². The van der Waals surface area contributed by atoms with Gasteiger partial charge in [0.2, 0.25) is 9.90 Å². The molecular formula is C10H8Cl3NO4. The van der Waals surface area contributed by atoms with Gasteiger partial charge in [-0.15, -0.1) is 0 Å². The molecule has 1 unspecified atom stereocenters. The molecule has 0 amide bonds. The van der Waals surface area contributed by atoms with Crippen LogP contribution in [0.5, 0.6) is 0 Å². The number of pyridine rings is 1. The third-order valence-electron chi connectivity index (χ3n) is 1.74. The lowest BCUT2D eigenvalue weighted by atomic mass is 10.2. The molecule has 1 heterocycles. The van der Waals surface area contributed by atoms with Crippen molar-refractivity contribution in [1.29, 1.82) is 0 Å². The van der Waals surface area contributed by atoms with Gasteiger partial charge in [-0.25, -0.2) is 4.79 Å². The maximum atomic E-state index is 11.7. The van der Waals surface area contributed by atoms with E-state index in [2.05, 4.69) is 9.72 Å². The number of alkyl halides is 3. The molecule has 1 rings (SSSR count). The van der Waals surface area contributed by atoms with Gasteiger partial charge in [0.15, 0.2) is 0 Å². The lowest BCUT2D eigenvalue weighted by Crippen LogP contribution is -2.24. The summed E-state index contributed by atoms with van der Waals surface area (Å²) in [6.45, 7) is -0.335. The van der Waals surface area contributed by atoms with E-state index in [1.54, 1.807) is 12.1 Å². The topological polar surface area (TPSA) is 65.5 Å². The molecule has 0 aliphatic rings. The van der Waals surface area contributed by atoms with Gasteiger partial charge in [-0.2, -0.15) is 0 Å². The standard InChI is InChI=1S/C10H8Cl3NO4/c11-10(12,13)5-17-9(16)8(18-6-15)7-3-1-2-4-14-7/h1-4,6,8H,5H2. The Labute approximate surface area is 118 Å². The van der Waals surface area contributed by atoms with Crippen LogP contribution in [0.3, 0.4) is 0 Å². The summed E-state index contributed by atoms with van der Waals surface area (Å²) in [4.78, 5) is 25.9. The van der Waals surface area contributed by atoms with Crippen molar-refractivity contribution in [2.24, 2.45) is 0 Å². The molecule has 0 bridgehead atoms. The van der Waals surface area contributed by atoms with E-state index < -0.39 is 22.5 Å². The van der Waals surface area contributed by atoms with Crippen LogP contribution in [0.15, 0.2) is 24.4 Å². The predicted molar refractivity (Wildman–Crippen MR) is 65.4 cm³/mol. The van der Waals surface area contributed by atoms with Gasteiger partial charge in [0, 0.05) is 6.20 Å². The Morgan fingerprint density at radius 2 is 2.17 bits per heavy atom. The highest BCUT2D eigenvalue weighted by Crippen LogP contribution is 2.27. The number of esters is 1. The fourth-order valence-electron chi connectivity index (χ4n) is 1.06. The second-order valence-electron chi connectivity index (χ2n) is 3.09. The van der Waals surface area contributed by atoms with Crippen LogP contribution in [0.25, 0.3) is 0 Å². The smallest absolute Gasteiger partial charge is 0.354 e. The molecule has 98 valence electrons. The molecule has 5 nitrogen and oxygen atoms in total. The fraction of sp³-hybridized carbons (Fsp3) is 0.300. The Hall–Kier alpha value is -1.04. The predicted octanol–water partition coefficient (Wildman–Crippen LogP) is 2.21. The molecule has 0 aromatic carbocycles. The van der Waals surface area contributed by atoms with Crippen molar-refractivity contribution in [3.05, 3.63) is 30.1 Å². The number of carbonyl (C=O) groups excluding carboxylic acids is 2. The van der Waals surface area contributed by atoms with Gasteiger partial charge in [-0.05, 0) is 12.1 Å². The number of nitrogens with zero attached hydrogens (tertiary/aromatic N) is 1. The molecule has 1 atom stereocenters. The van der Waals surface area contributed by atoms with E-state index in [1.165, 1.54) is 12.3 Å². The Kier molecular flexibility index (Phi) is 5.65. The molecule has 0 saturated carbocycles.